The molecule has 10 nitrogen and oxygen atoms in total. The monoisotopic (exact) mass is 418 g/mol. The molecule has 160 valence electrons. The van der Waals surface area contributed by atoms with Crippen LogP contribution in [0.25, 0.3) is 0 Å². The lowest BCUT2D eigenvalue weighted by Gasteiger charge is -2.22. The van der Waals surface area contributed by atoms with Crippen LogP contribution < -0.4 is 14.2 Å². The lowest BCUT2D eigenvalue weighted by molar-refractivity contribution is -0.384. The Morgan fingerprint density at radius 2 is 1.67 bits per heavy atom. The first kappa shape index (κ1) is 22.5. The molecule has 1 amide bonds. The molecule has 2 aromatic carbocycles. The van der Waals surface area contributed by atoms with Crippen molar-refractivity contribution in [2.24, 2.45) is 0 Å². The van der Waals surface area contributed by atoms with Crippen LogP contribution in [0.2, 0.25) is 0 Å². The van der Waals surface area contributed by atoms with Gasteiger partial charge in [-0.25, -0.2) is 0 Å². The van der Waals surface area contributed by atoms with E-state index >= 15 is 0 Å². The largest absolute Gasteiger partial charge is 0.497 e. The molecule has 0 aromatic heterocycles. The molecule has 2 rings (SSSR count). The molecular weight excluding hydrogens is 396 g/mol. The highest BCUT2D eigenvalue weighted by Crippen LogP contribution is 2.24. The summed E-state index contributed by atoms with van der Waals surface area (Å²) in [6.45, 7) is -0.647. The SMILES string of the molecule is COC(=O)CN(Cc1cc(OC)cc(OC)c1)C(=O)COc1cccc([N+](=O)[O-])c1. The summed E-state index contributed by atoms with van der Waals surface area (Å²) in [6, 6.07) is 10.6. The summed E-state index contributed by atoms with van der Waals surface area (Å²) in [4.78, 5) is 36.0. The molecule has 0 radical (unpaired) electrons. The molecule has 0 heterocycles. The van der Waals surface area contributed by atoms with Gasteiger partial charge in [-0.05, 0) is 23.8 Å². The fourth-order valence-electron chi connectivity index (χ4n) is 2.55. The van der Waals surface area contributed by atoms with Crippen molar-refractivity contribution in [3.8, 4) is 17.2 Å². The molecule has 0 saturated heterocycles. The summed E-state index contributed by atoms with van der Waals surface area (Å²) in [6.07, 6.45) is 0. The molecule has 0 N–H and O–H groups in total. The topological polar surface area (TPSA) is 117 Å². The van der Waals surface area contributed by atoms with E-state index in [0.717, 1.165) is 0 Å². The number of nitrogens with zero attached hydrogens (tertiary/aromatic N) is 2. The molecule has 0 aliphatic carbocycles. The quantitative estimate of drug-likeness (QED) is 0.327. The number of amides is 1. The first-order valence-electron chi connectivity index (χ1n) is 8.80. The molecule has 0 aliphatic rings. The van der Waals surface area contributed by atoms with Crippen molar-refractivity contribution < 1.29 is 33.5 Å². The molecule has 0 aliphatic heterocycles. The van der Waals surface area contributed by atoms with Gasteiger partial charge in [-0.1, -0.05) is 6.07 Å². The number of non-ortho nitro benzene ring substituents is 1. The van der Waals surface area contributed by atoms with Gasteiger partial charge >= 0.3 is 5.97 Å². The number of rotatable bonds is 10. The molecule has 0 fully saturated rings. The Balaban J connectivity index is 2.15. The van der Waals surface area contributed by atoms with E-state index in [0.29, 0.717) is 17.1 Å². The normalized spacial score (nSPS) is 10.1. The van der Waals surface area contributed by atoms with Crippen molar-refractivity contribution in [3.63, 3.8) is 0 Å². The van der Waals surface area contributed by atoms with E-state index in [-0.39, 0.29) is 24.5 Å². The minimum Gasteiger partial charge on any atom is -0.497 e. The van der Waals surface area contributed by atoms with E-state index < -0.39 is 23.4 Å². The zero-order valence-corrected chi connectivity index (χ0v) is 16.8. The maximum absolute atomic E-state index is 12.7. The van der Waals surface area contributed by atoms with E-state index in [2.05, 4.69) is 4.74 Å². The van der Waals surface area contributed by atoms with Gasteiger partial charge in [-0.15, -0.1) is 0 Å². The Labute approximate surface area is 173 Å². The van der Waals surface area contributed by atoms with Crippen LogP contribution in [0.4, 0.5) is 5.69 Å². The van der Waals surface area contributed by atoms with Crippen LogP contribution in [0.3, 0.4) is 0 Å². The first-order valence-corrected chi connectivity index (χ1v) is 8.80. The van der Waals surface area contributed by atoms with Crippen LogP contribution in [0.15, 0.2) is 42.5 Å². The zero-order valence-electron chi connectivity index (χ0n) is 16.8. The highest BCUT2D eigenvalue weighted by Gasteiger charge is 2.20. The smallest absolute Gasteiger partial charge is 0.325 e. The molecule has 0 saturated carbocycles. The third-order valence-corrected chi connectivity index (χ3v) is 4.08. The van der Waals surface area contributed by atoms with E-state index in [1.165, 1.54) is 50.5 Å². The summed E-state index contributed by atoms with van der Waals surface area (Å²) in [7, 11) is 4.23. The Morgan fingerprint density at radius 3 is 2.23 bits per heavy atom. The number of carbonyl (C=O) groups is 2. The highest BCUT2D eigenvalue weighted by molar-refractivity contribution is 5.83. The Morgan fingerprint density at radius 1 is 1.00 bits per heavy atom. The highest BCUT2D eigenvalue weighted by atomic mass is 16.6. The molecule has 10 heteroatoms. The zero-order chi connectivity index (χ0) is 22.1. The van der Waals surface area contributed by atoms with Gasteiger partial charge in [0.2, 0.25) is 0 Å². The lowest BCUT2D eigenvalue weighted by atomic mass is 10.2. The number of esters is 1. The number of hydrogen-bond acceptors (Lipinski definition) is 8. The minimum atomic E-state index is -0.603. The fraction of sp³-hybridized carbons (Fsp3) is 0.300. The average Bonchev–Trinajstić information content (AvgIpc) is 2.76. The molecule has 2 aromatic rings. The van der Waals surface area contributed by atoms with E-state index in [9.17, 15) is 19.7 Å². The van der Waals surface area contributed by atoms with Gasteiger partial charge in [0.05, 0.1) is 32.3 Å². The summed E-state index contributed by atoms with van der Waals surface area (Å²) in [5.74, 6) is 0.117. The summed E-state index contributed by atoms with van der Waals surface area (Å²) in [5, 5.41) is 10.9. The predicted octanol–water partition coefficient (Wildman–Crippen LogP) is 2.19. The summed E-state index contributed by atoms with van der Waals surface area (Å²) in [5.41, 5.74) is 0.508. The second-order valence-electron chi connectivity index (χ2n) is 6.09. The number of nitro groups is 1. The van der Waals surface area contributed by atoms with Gasteiger partial charge in [0, 0.05) is 18.7 Å². The van der Waals surface area contributed by atoms with Gasteiger partial charge in [0.1, 0.15) is 23.8 Å². The molecule has 0 atom stereocenters. The van der Waals surface area contributed by atoms with Crippen LogP contribution in [-0.4, -0.2) is 56.2 Å². The molecule has 0 spiro atoms. The van der Waals surface area contributed by atoms with Crippen LogP contribution in [0.1, 0.15) is 5.56 Å². The van der Waals surface area contributed by atoms with Crippen LogP contribution in [0, 0.1) is 10.1 Å². The maximum Gasteiger partial charge on any atom is 0.325 e. The van der Waals surface area contributed by atoms with Gasteiger partial charge in [-0.2, -0.15) is 0 Å². The number of nitro benzene ring substituents is 1. The Bertz CT molecular complexity index is 893. The Kier molecular flexibility index (Phi) is 7.98. The standard InChI is InChI=1S/C20H22N2O8/c1-27-17-7-14(8-18(10-17)28-2)11-21(12-20(24)29-3)19(23)13-30-16-6-4-5-15(9-16)22(25)26/h4-10H,11-13H2,1-3H3. The fourth-order valence-corrected chi connectivity index (χ4v) is 2.55. The van der Waals surface area contributed by atoms with Crippen molar-refractivity contribution in [1.29, 1.82) is 0 Å². The van der Waals surface area contributed by atoms with Crippen molar-refractivity contribution in [1.82, 2.24) is 4.90 Å². The van der Waals surface area contributed by atoms with Crippen LogP contribution >= 0.6 is 0 Å². The molecule has 30 heavy (non-hydrogen) atoms. The second kappa shape index (κ2) is 10.6. The lowest BCUT2D eigenvalue weighted by Crippen LogP contribution is -2.38. The third kappa shape index (κ3) is 6.36. The van der Waals surface area contributed by atoms with E-state index in [1.807, 2.05) is 0 Å². The second-order valence-corrected chi connectivity index (χ2v) is 6.09. The number of benzene rings is 2. The van der Waals surface area contributed by atoms with Crippen molar-refractivity contribution in [3.05, 3.63) is 58.1 Å². The molecule has 0 bridgehead atoms. The Hall–Kier alpha value is -3.82. The predicted molar refractivity (Wildman–Crippen MR) is 106 cm³/mol. The number of ether oxygens (including phenoxy) is 4. The van der Waals surface area contributed by atoms with Crippen molar-refractivity contribution in [2.45, 2.75) is 6.54 Å². The van der Waals surface area contributed by atoms with Gasteiger partial charge in [0.15, 0.2) is 6.61 Å². The van der Waals surface area contributed by atoms with Gasteiger partial charge < -0.3 is 23.8 Å². The number of hydrogen-bond donors (Lipinski definition) is 0. The minimum absolute atomic E-state index is 0.0692. The first-order chi connectivity index (χ1) is 14.4. The van der Waals surface area contributed by atoms with Gasteiger partial charge in [-0.3, -0.25) is 19.7 Å². The van der Waals surface area contributed by atoms with Crippen LogP contribution in [0.5, 0.6) is 17.2 Å². The number of carbonyl (C=O) groups excluding carboxylic acids is 2. The van der Waals surface area contributed by atoms with Gasteiger partial charge in [0.25, 0.3) is 11.6 Å². The molecular formula is C20H22N2O8. The van der Waals surface area contributed by atoms with Crippen molar-refractivity contribution in [2.75, 3.05) is 34.5 Å². The van der Waals surface area contributed by atoms with Crippen molar-refractivity contribution >= 4 is 17.6 Å². The maximum atomic E-state index is 12.7. The number of methoxy groups -OCH3 is 3. The van der Waals surface area contributed by atoms with Crippen LogP contribution in [-0.2, 0) is 20.9 Å². The molecule has 0 unspecified atom stereocenters. The summed E-state index contributed by atoms with van der Waals surface area (Å²) < 4.78 is 20.5. The summed E-state index contributed by atoms with van der Waals surface area (Å²) >= 11 is 0. The van der Waals surface area contributed by atoms with E-state index in [4.69, 9.17) is 14.2 Å². The average molecular weight is 418 g/mol. The third-order valence-electron chi connectivity index (χ3n) is 4.08. The van der Waals surface area contributed by atoms with E-state index in [1.54, 1.807) is 18.2 Å².